The molecule has 0 fully saturated rings. The smallest absolute Gasteiger partial charge is 0.262 e. The molecule has 1 amide bonds. The summed E-state index contributed by atoms with van der Waals surface area (Å²) in [6.45, 7) is 3.75. The summed E-state index contributed by atoms with van der Waals surface area (Å²) in [5, 5.41) is 3.23. The molecule has 0 radical (unpaired) electrons. The van der Waals surface area contributed by atoms with Crippen LogP contribution >= 0.6 is 11.6 Å². The van der Waals surface area contributed by atoms with Crippen molar-refractivity contribution in [2.45, 2.75) is 13.8 Å². The average molecular weight is 305 g/mol. The number of halogens is 1. The maximum Gasteiger partial charge on any atom is 0.262 e. The molecule has 0 heterocycles. The number of anilines is 2. The van der Waals surface area contributed by atoms with Crippen molar-refractivity contribution in [3.8, 4) is 5.75 Å². The minimum atomic E-state index is -0.254. The van der Waals surface area contributed by atoms with E-state index in [9.17, 15) is 4.79 Å². The van der Waals surface area contributed by atoms with Crippen molar-refractivity contribution in [1.82, 2.24) is 0 Å². The maximum absolute atomic E-state index is 11.8. The molecular weight excluding hydrogens is 288 g/mol. The van der Waals surface area contributed by atoms with Crippen LogP contribution in [-0.2, 0) is 4.79 Å². The first-order chi connectivity index (χ1) is 9.95. The molecule has 0 spiro atoms. The third kappa shape index (κ3) is 4.13. The van der Waals surface area contributed by atoms with Gasteiger partial charge in [0.1, 0.15) is 5.75 Å². The van der Waals surface area contributed by atoms with Gasteiger partial charge in [0, 0.05) is 11.4 Å². The topological polar surface area (TPSA) is 64.3 Å². The minimum Gasteiger partial charge on any atom is -0.482 e. The number of amides is 1. The number of nitrogens with one attached hydrogen (secondary N) is 1. The van der Waals surface area contributed by atoms with Crippen molar-refractivity contribution in [1.29, 1.82) is 0 Å². The van der Waals surface area contributed by atoms with Gasteiger partial charge in [0.2, 0.25) is 0 Å². The zero-order chi connectivity index (χ0) is 15.4. The van der Waals surface area contributed by atoms with Gasteiger partial charge in [-0.2, -0.15) is 0 Å². The predicted molar refractivity (Wildman–Crippen MR) is 85.9 cm³/mol. The summed E-state index contributed by atoms with van der Waals surface area (Å²) in [5.74, 6) is 0.283. The molecule has 3 N–H and O–H groups in total. The van der Waals surface area contributed by atoms with Crippen LogP contribution in [0.1, 0.15) is 11.1 Å². The Morgan fingerprint density at radius 2 is 1.90 bits per heavy atom. The van der Waals surface area contributed by atoms with E-state index in [1.54, 1.807) is 24.3 Å². The molecule has 0 aromatic heterocycles. The third-order valence-corrected chi connectivity index (χ3v) is 3.20. The summed E-state index contributed by atoms with van der Waals surface area (Å²) in [7, 11) is 0. The van der Waals surface area contributed by atoms with Crippen molar-refractivity contribution < 1.29 is 9.53 Å². The van der Waals surface area contributed by atoms with Gasteiger partial charge in [-0.15, -0.1) is 0 Å². The third-order valence-electron chi connectivity index (χ3n) is 2.92. The number of benzene rings is 2. The number of nitrogens with two attached hydrogens (primary N) is 1. The number of carbonyl (C=O) groups is 1. The van der Waals surface area contributed by atoms with Crippen molar-refractivity contribution in [2.75, 3.05) is 17.7 Å². The lowest BCUT2D eigenvalue weighted by Gasteiger charge is -2.12. The van der Waals surface area contributed by atoms with Crippen molar-refractivity contribution >= 4 is 28.9 Å². The van der Waals surface area contributed by atoms with Crippen LogP contribution in [0.5, 0.6) is 5.75 Å². The number of ether oxygens (including phenoxy) is 1. The highest BCUT2D eigenvalue weighted by molar-refractivity contribution is 6.32. The molecule has 21 heavy (non-hydrogen) atoms. The Kier molecular flexibility index (Phi) is 4.70. The first-order valence-corrected chi connectivity index (χ1v) is 6.88. The summed E-state index contributed by atoms with van der Waals surface area (Å²) in [6.07, 6.45) is 0. The van der Waals surface area contributed by atoms with Crippen LogP contribution in [0.15, 0.2) is 36.4 Å². The van der Waals surface area contributed by atoms with Gasteiger partial charge in [-0.3, -0.25) is 4.79 Å². The molecule has 110 valence electrons. The Morgan fingerprint density at radius 1 is 1.24 bits per heavy atom. The lowest BCUT2D eigenvalue weighted by molar-refractivity contribution is -0.118. The zero-order valence-corrected chi connectivity index (χ0v) is 12.7. The van der Waals surface area contributed by atoms with Crippen LogP contribution in [0.2, 0.25) is 5.02 Å². The highest BCUT2D eigenvalue weighted by atomic mass is 35.5. The molecule has 0 unspecified atom stereocenters. The number of carbonyl (C=O) groups excluding carboxylic acids is 1. The highest BCUT2D eigenvalue weighted by Crippen LogP contribution is 2.29. The normalized spacial score (nSPS) is 10.2. The van der Waals surface area contributed by atoms with E-state index < -0.39 is 0 Å². The minimum absolute atomic E-state index is 0.103. The van der Waals surface area contributed by atoms with Crippen molar-refractivity contribution in [2.24, 2.45) is 0 Å². The van der Waals surface area contributed by atoms with Gasteiger partial charge in [0.05, 0.1) is 5.02 Å². The van der Waals surface area contributed by atoms with Crippen LogP contribution in [0, 0.1) is 13.8 Å². The predicted octanol–water partition coefficient (Wildman–Crippen LogP) is 3.56. The quantitative estimate of drug-likeness (QED) is 0.849. The molecule has 0 aliphatic carbocycles. The molecule has 0 aliphatic heterocycles. The number of hydrogen-bond donors (Lipinski definition) is 2. The Balaban J connectivity index is 1.97. The molecular formula is C16H17ClN2O2. The largest absolute Gasteiger partial charge is 0.482 e. The van der Waals surface area contributed by atoms with Crippen LogP contribution in [0.3, 0.4) is 0 Å². The standard InChI is InChI=1S/C16H17ClN2O2/c1-10-7-11(2)16(14(17)8-10)21-9-15(20)19-13-5-3-12(18)4-6-13/h3-8H,9,18H2,1-2H3,(H,19,20). The number of aryl methyl sites for hydroxylation is 2. The van der Waals surface area contributed by atoms with Gasteiger partial charge < -0.3 is 15.8 Å². The van der Waals surface area contributed by atoms with Gasteiger partial charge in [0.15, 0.2) is 6.61 Å². The summed E-state index contributed by atoms with van der Waals surface area (Å²) in [4.78, 5) is 11.8. The second-order valence-electron chi connectivity index (χ2n) is 4.85. The maximum atomic E-state index is 11.8. The molecule has 0 saturated heterocycles. The molecule has 0 saturated carbocycles. The molecule has 0 atom stereocenters. The van der Waals surface area contributed by atoms with E-state index in [-0.39, 0.29) is 12.5 Å². The molecule has 2 aromatic carbocycles. The zero-order valence-electron chi connectivity index (χ0n) is 11.9. The van der Waals surface area contributed by atoms with E-state index in [4.69, 9.17) is 22.1 Å². The van der Waals surface area contributed by atoms with E-state index in [0.29, 0.717) is 22.1 Å². The molecule has 2 aromatic rings. The number of hydrogen-bond acceptors (Lipinski definition) is 3. The van der Waals surface area contributed by atoms with E-state index in [1.165, 1.54) is 0 Å². The van der Waals surface area contributed by atoms with Gasteiger partial charge >= 0.3 is 0 Å². The lowest BCUT2D eigenvalue weighted by Crippen LogP contribution is -2.20. The second kappa shape index (κ2) is 6.50. The van der Waals surface area contributed by atoms with Gasteiger partial charge in [-0.05, 0) is 55.3 Å². The summed E-state index contributed by atoms with van der Waals surface area (Å²) >= 11 is 6.13. The fourth-order valence-electron chi connectivity index (χ4n) is 1.99. The first kappa shape index (κ1) is 15.2. The number of nitrogen functional groups attached to an aromatic ring is 1. The SMILES string of the molecule is Cc1cc(C)c(OCC(=O)Nc2ccc(N)cc2)c(Cl)c1. The molecule has 0 bridgehead atoms. The monoisotopic (exact) mass is 304 g/mol. The van der Waals surface area contributed by atoms with Crippen LogP contribution < -0.4 is 15.8 Å². The van der Waals surface area contributed by atoms with Crippen LogP contribution in [0.25, 0.3) is 0 Å². The summed E-state index contributed by atoms with van der Waals surface area (Å²) < 4.78 is 5.51. The Morgan fingerprint density at radius 3 is 2.52 bits per heavy atom. The van der Waals surface area contributed by atoms with E-state index in [0.717, 1.165) is 11.1 Å². The number of rotatable bonds is 4. The Bertz CT molecular complexity index is 631. The molecule has 0 aliphatic rings. The van der Waals surface area contributed by atoms with Gasteiger partial charge in [-0.25, -0.2) is 0 Å². The first-order valence-electron chi connectivity index (χ1n) is 6.50. The summed E-state index contributed by atoms with van der Waals surface area (Å²) in [5.41, 5.74) is 8.86. The molecule has 5 heteroatoms. The van der Waals surface area contributed by atoms with Gasteiger partial charge in [0.25, 0.3) is 5.91 Å². The molecule has 4 nitrogen and oxygen atoms in total. The van der Waals surface area contributed by atoms with E-state index >= 15 is 0 Å². The van der Waals surface area contributed by atoms with E-state index in [1.807, 2.05) is 26.0 Å². The highest BCUT2D eigenvalue weighted by Gasteiger charge is 2.09. The fourth-order valence-corrected chi connectivity index (χ4v) is 2.36. The van der Waals surface area contributed by atoms with Crippen LogP contribution in [-0.4, -0.2) is 12.5 Å². The van der Waals surface area contributed by atoms with Gasteiger partial charge in [-0.1, -0.05) is 17.7 Å². The fraction of sp³-hybridized carbons (Fsp3) is 0.188. The second-order valence-corrected chi connectivity index (χ2v) is 5.26. The Hall–Kier alpha value is -2.20. The lowest BCUT2D eigenvalue weighted by atomic mass is 10.1. The van der Waals surface area contributed by atoms with Crippen molar-refractivity contribution in [3.63, 3.8) is 0 Å². The average Bonchev–Trinajstić information content (AvgIpc) is 2.40. The van der Waals surface area contributed by atoms with E-state index in [2.05, 4.69) is 5.32 Å². The summed E-state index contributed by atoms with van der Waals surface area (Å²) in [6, 6.07) is 10.7. The van der Waals surface area contributed by atoms with Crippen molar-refractivity contribution in [3.05, 3.63) is 52.5 Å². The van der Waals surface area contributed by atoms with Crippen LogP contribution in [0.4, 0.5) is 11.4 Å². The Labute approximate surface area is 128 Å². The molecule has 2 rings (SSSR count).